The van der Waals surface area contributed by atoms with Crippen molar-refractivity contribution in [1.82, 2.24) is 10.2 Å². The second-order valence-corrected chi connectivity index (χ2v) is 5.43. The lowest BCUT2D eigenvalue weighted by molar-refractivity contribution is -0.0501. The van der Waals surface area contributed by atoms with Gasteiger partial charge in [0.05, 0.1) is 12.1 Å². The predicted octanol–water partition coefficient (Wildman–Crippen LogP) is 1.79. The zero-order valence-corrected chi connectivity index (χ0v) is 12.2. The van der Waals surface area contributed by atoms with E-state index in [0.29, 0.717) is 0 Å². The first kappa shape index (κ1) is 16.1. The summed E-state index contributed by atoms with van der Waals surface area (Å²) >= 11 is 0. The Labute approximate surface area is 123 Å². The van der Waals surface area contributed by atoms with E-state index in [0.717, 1.165) is 38.2 Å². The van der Waals surface area contributed by atoms with Crippen LogP contribution in [0.25, 0.3) is 0 Å². The molecule has 118 valence electrons. The third-order valence-electron chi connectivity index (χ3n) is 4.03. The van der Waals surface area contributed by atoms with Crippen LogP contribution in [0.2, 0.25) is 0 Å². The molecule has 0 saturated carbocycles. The average Bonchev–Trinajstić information content (AvgIpc) is 2.75. The fourth-order valence-electron chi connectivity index (χ4n) is 2.72. The second-order valence-electron chi connectivity index (χ2n) is 5.43. The number of nitrogens with one attached hydrogen (secondary N) is 1. The molecule has 1 saturated heterocycles. The first-order chi connectivity index (χ1) is 10.1. The molecule has 21 heavy (non-hydrogen) atoms. The van der Waals surface area contributed by atoms with Crippen LogP contribution in [0.3, 0.4) is 0 Å². The summed E-state index contributed by atoms with van der Waals surface area (Å²) in [6, 6.07) is 6.60. The predicted molar refractivity (Wildman–Crippen MR) is 76.6 cm³/mol. The summed E-state index contributed by atoms with van der Waals surface area (Å²) < 4.78 is 29.2. The third kappa shape index (κ3) is 3.90. The Bertz CT molecular complexity index is 451. The Balaban J connectivity index is 2.25. The van der Waals surface area contributed by atoms with E-state index in [1.807, 2.05) is 13.0 Å². The zero-order valence-electron chi connectivity index (χ0n) is 12.2. The monoisotopic (exact) mass is 300 g/mol. The summed E-state index contributed by atoms with van der Waals surface area (Å²) in [5.41, 5.74) is 0.179. The highest BCUT2D eigenvalue weighted by molar-refractivity contribution is 5.33. The van der Waals surface area contributed by atoms with Crippen LogP contribution in [0.1, 0.15) is 18.9 Å². The number of benzene rings is 1. The summed E-state index contributed by atoms with van der Waals surface area (Å²) in [6.45, 7) is 2.46. The molecule has 0 aromatic heterocycles. The smallest absolute Gasteiger partial charge is 0.387 e. The normalized spacial score (nSPS) is 20.0. The van der Waals surface area contributed by atoms with E-state index in [9.17, 15) is 13.9 Å². The van der Waals surface area contributed by atoms with Crippen LogP contribution in [-0.2, 0) is 5.54 Å². The molecule has 1 fully saturated rings. The van der Waals surface area contributed by atoms with Crippen molar-refractivity contribution in [2.45, 2.75) is 25.5 Å². The van der Waals surface area contributed by atoms with Gasteiger partial charge >= 0.3 is 6.61 Å². The Kier molecular flexibility index (Phi) is 5.50. The summed E-state index contributed by atoms with van der Waals surface area (Å²) in [5.74, 6) is 0.120. The topological polar surface area (TPSA) is 44.7 Å². The van der Waals surface area contributed by atoms with Crippen molar-refractivity contribution in [3.05, 3.63) is 29.8 Å². The lowest BCUT2D eigenvalue weighted by Crippen LogP contribution is -2.48. The molecule has 1 atom stereocenters. The number of halogens is 2. The van der Waals surface area contributed by atoms with Gasteiger partial charge in [0.1, 0.15) is 5.75 Å². The molecule has 1 unspecified atom stereocenters. The van der Waals surface area contributed by atoms with E-state index in [2.05, 4.69) is 15.0 Å². The van der Waals surface area contributed by atoms with Crippen LogP contribution >= 0.6 is 0 Å². The maximum absolute atomic E-state index is 12.3. The minimum atomic E-state index is -2.84. The standard InChI is InChI=1S/C15H22F2N2O2/c1-15(11-20,19-8-3-6-18-7-9-19)12-4-2-5-13(10-12)21-14(16)17/h2,4-5,10,14,18,20H,3,6-9,11H2,1H3. The fraction of sp³-hybridized carbons (Fsp3) is 0.600. The molecule has 2 N–H and O–H groups in total. The molecule has 0 bridgehead atoms. The highest BCUT2D eigenvalue weighted by Gasteiger charge is 2.33. The van der Waals surface area contributed by atoms with Gasteiger partial charge in [-0.05, 0) is 37.6 Å². The Hall–Kier alpha value is -1.24. The van der Waals surface area contributed by atoms with E-state index in [4.69, 9.17) is 0 Å². The molecule has 1 aliphatic rings. The molecule has 1 aromatic carbocycles. The molecule has 6 heteroatoms. The highest BCUT2D eigenvalue weighted by Crippen LogP contribution is 2.31. The van der Waals surface area contributed by atoms with Crippen LogP contribution in [-0.4, -0.2) is 49.4 Å². The summed E-state index contributed by atoms with van der Waals surface area (Å²) in [6.07, 6.45) is 0.989. The molecular formula is C15H22F2N2O2. The van der Waals surface area contributed by atoms with Crippen LogP contribution in [0.5, 0.6) is 5.75 Å². The van der Waals surface area contributed by atoms with Crippen LogP contribution < -0.4 is 10.1 Å². The lowest BCUT2D eigenvalue weighted by atomic mass is 9.90. The highest BCUT2D eigenvalue weighted by atomic mass is 19.3. The SMILES string of the molecule is CC(CO)(c1cccc(OC(F)F)c1)N1CCCNCC1. The minimum Gasteiger partial charge on any atom is -0.435 e. The van der Waals surface area contributed by atoms with Crippen molar-refractivity contribution in [3.63, 3.8) is 0 Å². The van der Waals surface area contributed by atoms with Crippen molar-refractivity contribution in [3.8, 4) is 5.75 Å². The van der Waals surface area contributed by atoms with Gasteiger partial charge in [-0.2, -0.15) is 8.78 Å². The van der Waals surface area contributed by atoms with Crippen LogP contribution in [0.4, 0.5) is 8.78 Å². The van der Waals surface area contributed by atoms with Crippen molar-refractivity contribution in [2.75, 3.05) is 32.8 Å². The van der Waals surface area contributed by atoms with E-state index in [1.165, 1.54) is 6.07 Å². The van der Waals surface area contributed by atoms with Gasteiger partial charge < -0.3 is 15.2 Å². The van der Waals surface area contributed by atoms with Gasteiger partial charge in [0.25, 0.3) is 0 Å². The number of aliphatic hydroxyl groups excluding tert-OH is 1. The van der Waals surface area contributed by atoms with E-state index in [1.54, 1.807) is 12.1 Å². The fourth-order valence-corrected chi connectivity index (χ4v) is 2.72. The van der Waals surface area contributed by atoms with Gasteiger partial charge in [0.15, 0.2) is 0 Å². The van der Waals surface area contributed by atoms with Gasteiger partial charge in [-0.3, -0.25) is 4.90 Å². The molecule has 1 aliphatic heterocycles. The Morgan fingerprint density at radius 2 is 2.19 bits per heavy atom. The maximum atomic E-state index is 12.3. The first-order valence-electron chi connectivity index (χ1n) is 7.18. The van der Waals surface area contributed by atoms with Crippen LogP contribution in [0, 0.1) is 0 Å². The van der Waals surface area contributed by atoms with Crippen LogP contribution in [0.15, 0.2) is 24.3 Å². The van der Waals surface area contributed by atoms with Gasteiger partial charge in [-0.25, -0.2) is 0 Å². The van der Waals surface area contributed by atoms with Gasteiger partial charge in [-0.1, -0.05) is 12.1 Å². The maximum Gasteiger partial charge on any atom is 0.387 e. The molecule has 2 rings (SSSR count). The summed E-state index contributed by atoms with van der Waals surface area (Å²) in [7, 11) is 0. The molecule has 0 spiro atoms. The third-order valence-corrected chi connectivity index (χ3v) is 4.03. The molecule has 0 radical (unpaired) electrons. The number of alkyl halides is 2. The van der Waals surface area contributed by atoms with Crippen molar-refractivity contribution < 1.29 is 18.6 Å². The van der Waals surface area contributed by atoms with Crippen molar-refractivity contribution in [1.29, 1.82) is 0 Å². The largest absolute Gasteiger partial charge is 0.435 e. The first-order valence-corrected chi connectivity index (χ1v) is 7.18. The lowest BCUT2D eigenvalue weighted by Gasteiger charge is -2.40. The number of aliphatic hydroxyl groups is 1. The van der Waals surface area contributed by atoms with E-state index >= 15 is 0 Å². The second kappa shape index (κ2) is 7.15. The van der Waals surface area contributed by atoms with Gasteiger partial charge in [0, 0.05) is 19.6 Å². The molecule has 4 nitrogen and oxygen atoms in total. The van der Waals surface area contributed by atoms with Crippen molar-refractivity contribution >= 4 is 0 Å². The molecule has 0 amide bonds. The summed E-state index contributed by atoms with van der Waals surface area (Å²) in [5, 5.41) is 13.2. The Morgan fingerprint density at radius 1 is 1.38 bits per heavy atom. The summed E-state index contributed by atoms with van der Waals surface area (Å²) in [4.78, 5) is 2.19. The average molecular weight is 300 g/mol. The Morgan fingerprint density at radius 3 is 2.90 bits per heavy atom. The minimum absolute atomic E-state index is 0.0782. The number of nitrogens with zero attached hydrogens (tertiary/aromatic N) is 1. The number of hydrogen-bond acceptors (Lipinski definition) is 4. The number of rotatable bonds is 5. The van der Waals surface area contributed by atoms with Gasteiger partial charge in [0.2, 0.25) is 0 Å². The number of ether oxygens (including phenoxy) is 1. The molecule has 1 heterocycles. The molecule has 1 aromatic rings. The van der Waals surface area contributed by atoms with E-state index < -0.39 is 12.2 Å². The molecular weight excluding hydrogens is 278 g/mol. The van der Waals surface area contributed by atoms with Crippen molar-refractivity contribution in [2.24, 2.45) is 0 Å². The van der Waals surface area contributed by atoms with E-state index in [-0.39, 0.29) is 12.4 Å². The zero-order chi connectivity index (χ0) is 15.3. The quantitative estimate of drug-likeness (QED) is 0.870. The number of hydrogen-bond donors (Lipinski definition) is 2. The molecule has 0 aliphatic carbocycles. The van der Waals surface area contributed by atoms with Gasteiger partial charge in [-0.15, -0.1) is 0 Å².